The zero-order valence-electron chi connectivity index (χ0n) is 13.7. The molecule has 5 heteroatoms. The van der Waals surface area contributed by atoms with Crippen LogP contribution in [0.15, 0.2) is 36.5 Å². The van der Waals surface area contributed by atoms with Crippen molar-refractivity contribution >= 4 is 5.82 Å². The minimum atomic E-state index is -0.592. The zero-order chi connectivity index (χ0) is 16.3. The second kappa shape index (κ2) is 6.64. The van der Waals surface area contributed by atoms with E-state index in [4.69, 9.17) is 4.74 Å². The van der Waals surface area contributed by atoms with Crippen LogP contribution in [0.4, 0.5) is 5.82 Å². The first-order valence-corrected chi connectivity index (χ1v) is 7.95. The van der Waals surface area contributed by atoms with Gasteiger partial charge < -0.3 is 14.7 Å². The van der Waals surface area contributed by atoms with Gasteiger partial charge in [-0.3, -0.25) is 0 Å². The Morgan fingerprint density at radius 1 is 1.30 bits per heavy atom. The fourth-order valence-corrected chi connectivity index (χ4v) is 3.11. The van der Waals surface area contributed by atoms with Gasteiger partial charge in [0.25, 0.3) is 0 Å². The van der Waals surface area contributed by atoms with Crippen LogP contribution in [-0.4, -0.2) is 47.0 Å². The lowest BCUT2D eigenvalue weighted by atomic mass is 9.92. The van der Waals surface area contributed by atoms with Gasteiger partial charge >= 0.3 is 0 Å². The highest BCUT2D eigenvalue weighted by atomic mass is 16.5. The normalized spacial score (nSPS) is 21.4. The van der Waals surface area contributed by atoms with Gasteiger partial charge in [-0.25, -0.2) is 9.97 Å². The molecular weight excluding hydrogens is 290 g/mol. The molecule has 3 rings (SSSR count). The maximum atomic E-state index is 10.0. The van der Waals surface area contributed by atoms with E-state index in [9.17, 15) is 5.11 Å². The summed E-state index contributed by atoms with van der Waals surface area (Å²) in [5.74, 6) is 1.64. The van der Waals surface area contributed by atoms with Crippen LogP contribution in [0, 0.1) is 13.8 Å². The molecule has 0 amide bonds. The molecule has 1 fully saturated rings. The van der Waals surface area contributed by atoms with Gasteiger partial charge in [-0.2, -0.15) is 0 Å². The molecule has 0 spiro atoms. The van der Waals surface area contributed by atoms with Crippen LogP contribution in [0.1, 0.15) is 17.0 Å². The molecule has 1 atom stereocenters. The lowest BCUT2D eigenvalue weighted by Gasteiger charge is -2.42. The highest BCUT2D eigenvalue weighted by molar-refractivity contribution is 5.39. The monoisotopic (exact) mass is 313 g/mol. The molecule has 1 saturated heterocycles. The number of morpholine rings is 1. The third-order valence-corrected chi connectivity index (χ3v) is 4.23. The van der Waals surface area contributed by atoms with E-state index in [1.54, 1.807) is 6.20 Å². The first kappa shape index (κ1) is 15.9. The van der Waals surface area contributed by atoms with E-state index in [-0.39, 0.29) is 6.61 Å². The molecule has 0 unspecified atom stereocenters. The predicted octanol–water partition coefficient (Wildman–Crippen LogP) is 1.90. The average molecular weight is 313 g/mol. The Labute approximate surface area is 137 Å². The number of hydrogen-bond acceptors (Lipinski definition) is 5. The smallest absolute Gasteiger partial charge is 0.132 e. The SMILES string of the molecule is Cc1cccc(C[C@@]2(CO)CN(c3ccnc(C)n3)CCO2)c1. The maximum Gasteiger partial charge on any atom is 0.132 e. The van der Waals surface area contributed by atoms with Crippen molar-refractivity contribution in [1.82, 2.24) is 9.97 Å². The average Bonchev–Trinajstić information content (AvgIpc) is 2.55. The summed E-state index contributed by atoms with van der Waals surface area (Å²) in [6.07, 6.45) is 2.46. The summed E-state index contributed by atoms with van der Waals surface area (Å²) < 4.78 is 6.01. The van der Waals surface area contributed by atoms with Gasteiger partial charge in [-0.15, -0.1) is 0 Å². The Hall–Kier alpha value is -1.98. The lowest BCUT2D eigenvalue weighted by molar-refractivity contribution is -0.0869. The van der Waals surface area contributed by atoms with Crippen LogP contribution in [0.2, 0.25) is 0 Å². The third-order valence-electron chi connectivity index (χ3n) is 4.23. The van der Waals surface area contributed by atoms with Gasteiger partial charge in [0.2, 0.25) is 0 Å². The van der Waals surface area contributed by atoms with Crippen molar-refractivity contribution in [1.29, 1.82) is 0 Å². The van der Waals surface area contributed by atoms with E-state index in [2.05, 4.69) is 40.0 Å². The minimum Gasteiger partial charge on any atom is -0.393 e. The van der Waals surface area contributed by atoms with Crippen LogP contribution >= 0.6 is 0 Å². The fourth-order valence-electron chi connectivity index (χ4n) is 3.11. The molecule has 0 bridgehead atoms. The number of hydrogen-bond donors (Lipinski definition) is 1. The summed E-state index contributed by atoms with van der Waals surface area (Å²) in [5.41, 5.74) is 1.81. The van der Waals surface area contributed by atoms with Crippen molar-refractivity contribution < 1.29 is 9.84 Å². The number of aryl methyl sites for hydroxylation is 2. The molecule has 1 aliphatic rings. The highest BCUT2D eigenvalue weighted by Gasteiger charge is 2.37. The van der Waals surface area contributed by atoms with Gasteiger partial charge in [-0.05, 0) is 25.5 Å². The minimum absolute atomic E-state index is 0.0124. The lowest BCUT2D eigenvalue weighted by Crippen LogP contribution is -2.55. The molecule has 0 aliphatic carbocycles. The first-order valence-electron chi connectivity index (χ1n) is 7.95. The number of nitrogens with zero attached hydrogens (tertiary/aromatic N) is 3. The van der Waals surface area contributed by atoms with Crippen LogP contribution in [-0.2, 0) is 11.2 Å². The molecule has 1 aromatic carbocycles. The Morgan fingerprint density at radius 2 is 2.17 bits per heavy atom. The van der Waals surface area contributed by atoms with E-state index in [1.807, 2.05) is 19.1 Å². The Bertz CT molecular complexity index is 677. The second-order valence-corrected chi connectivity index (χ2v) is 6.24. The maximum absolute atomic E-state index is 10.0. The van der Waals surface area contributed by atoms with Gasteiger partial charge in [0.1, 0.15) is 17.2 Å². The van der Waals surface area contributed by atoms with Gasteiger partial charge in [-0.1, -0.05) is 29.8 Å². The number of aliphatic hydroxyl groups excluding tert-OH is 1. The molecule has 0 saturated carbocycles. The molecule has 5 nitrogen and oxygen atoms in total. The molecule has 2 heterocycles. The van der Waals surface area contributed by atoms with Gasteiger partial charge in [0.05, 0.1) is 19.8 Å². The van der Waals surface area contributed by atoms with Crippen LogP contribution < -0.4 is 4.90 Å². The Kier molecular flexibility index (Phi) is 4.59. The Morgan fingerprint density at radius 3 is 2.91 bits per heavy atom. The molecule has 1 aromatic heterocycles. The van der Waals surface area contributed by atoms with E-state index < -0.39 is 5.60 Å². The fraction of sp³-hybridized carbons (Fsp3) is 0.444. The summed E-state index contributed by atoms with van der Waals surface area (Å²) in [7, 11) is 0. The van der Waals surface area contributed by atoms with Crippen molar-refractivity contribution in [2.45, 2.75) is 25.9 Å². The second-order valence-electron chi connectivity index (χ2n) is 6.24. The summed E-state index contributed by atoms with van der Waals surface area (Å²) >= 11 is 0. The summed E-state index contributed by atoms with van der Waals surface area (Å²) in [5, 5.41) is 10.0. The van der Waals surface area contributed by atoms with Gasteiger partial charge in [0, 0.05) is 19.2 Å². The standard InChI is InChI=1S/C18H23N3O2/c1-14-4-3-5-16(10-14)11-18(13-22)12-21(8-9-23-18)17-6-7-19-15(2)20-17/h3-7,10,22H,8-9,11-13H2,1-2H3/t18-/m0/s1. The third kappa shape index (κ3) is 3.68. The van der Waals surface area contributed by atoms with E-state index >= 15 is 0 Å². The van der Waals surface area contributed by atoms with Crippen molar-refractivity contribution in [3.63, 3.8) is 0 Å². The largest absolute Gasteiger partial charge is 0.393 e. The van der Waals surface area contributed by atoms with Crippen LogP contribution in [0.25, 0.3) is 0 Å². The van der Waals surface area contributed by atoms with Crippen molar-refractivity contribution in [2.24, 2.45) is 0 Å². The van der Waals surface area contributed by atoms with Crippen molar-refractivity contribution in [3.05, 3.63) is 53.5 Å². The number of benzene rings is 1. The number of anilines is 1. The van der Waals surface area contributed by atoms with Crippen LogP contribution in [0.5, 0.6) is 0 Å². The van der Waals surface area contributed by atoms with E-state index in [1.165, 1.54) is 11.1 Å². The summed E-state index contributed by atoms with van der Waals surface area (Å²) in [6, 6.07) is 10.3. The van der Waals surface area contributed by atoms with Gasteiger partial charge in [0.15, 0.2) is 0 Å². The predicted molar refractivity (Wildman–Crippen MR) is 89.6 cm³/mol. The molecule has 1 N–H and O–H groups in total. The Balaban J connectivity index is 1.81. The topological polar surface area (TPSA) is 58.5 Å². The number of rotatable bonds is 4. The molecule has 2 aromatic rings. The van der Waals surface area contributed by atoms with Crippen molar-refractivity contribution in [3.8, 4) is 0 Å². The number of aromatic nitrogens is 2. The summed E-state index contributed by atoms with van der Waals surface area (Å²) in [6.45, 7) is 5.92. The van der Waals surface area contributed by atoms with Crippen LogP contribution in [0.3, 0.4) is 0 Å². The molecule has 23 heavy (non-hydrogen) atoms. The first-order chi connectivity index (χ1) is 11.1. The quantitative estimate of drug-likeness (QED) is 0.934. The molecular formula is C18H23N3O2. The summed E-state index contributed by atoms with van der Waals surface area (Å²) in [4.78, 5) is 10.8. The number of aliphatic hydroxyl groups is 1. The van der Waals surface area contributed by atoms with E-state index in [0.29, 0.717) is 19.6 Å². The number of ether oxygens (including phenoxy) is 1. The molecule has 0 radical (unpaired) electrons. The molecule has 1 aliphatic heterocycles. The van der Waals surface area contributed by atoms with E-state index in [0.717, 1.165) is 18.2 Å². The van der Waals surface area contributed by atoms with Crippen molar-refractivity contribution in [2.75, 3.05) is 31.2 Å². The molecule has 122 valence electrons. The zero-order valence-corrected chi connectivity index (χ0v) is 13.7. The highest BCUT2D eigenvalue weighted by Crippen LogP contribution is 2.26.